The zero-order valence-electron chi connectivity index (χ0n) is 16.6. The Morgan fingerprint density at radius 3 is 2.08 bits per heavy atom. The fourth-order valence-corrected chi connectivity index (χ4v) is 4.74. The van der Waals surface area contributed by atoms with E-state index in [4.69, 9.17) is 13.6 Å². The summed E-state index contributed by atoms with van der Waals surface area (Å²) in [6.45, 7) is 16.6. The number of rotatable bonds is 13. The Morgan fingerprint density at radius 2 is 1.68 bits per heavy atom. The van der Waals surface area contributed by atoms with E-state index in [1.165, 1.54) is 0 Å². The highest BCUT2D eigenvalue weighted by atomic mass is 31.0. The van der Waals surface area contributed by atoms with Gasteiger partial charge in [0.25, 0.3) is 0 Å². The third-order valence-corrected chi connectivity index (χ3v) is 6.40. The van der Waals surface area contributed by atoms with Crippen molar-refractivity contribution in [2.75, 3.05) is 6.61 Å². The highest BCUT2D eigenvalue weighted by molar-refractivity contribution is 7.10. The van der Waals surface area contributed by atoms with Gasteiger partial charge in [-0.2, -0.15) is 0 Å². The quantitative estimate of drug-likeness (QED) is 0.317. The van der Waals surface area contributed by atoms with Crippen molar-refractivity contribution < 1.29 is 18.4 Å². The van der Waals surface area contributed by atoms with Gasteiger partial charge in [0.15, 0.2) is 0 Å². The van der Waals surface area contributed by atoms with Gasteiger partial charge in [0.05, 0.1) is 24.2 Å². The molecular weight excluding hydrogens is 373 g/mol. The largest absolute Gasteiger partial charge is 0.366 e. The third-order valence-electron chi connectivity index (χ3n) is 5.55. The first kappa shape index (κ1) is 25.6. The number of allylic oxidation sites excluding steroid dienone is 1. The summed E-state index contributed by atoms with van der Waals surface area (Å²) in [4.78, 5) is 13.4. The average Bonchev–Trinajstić information content (AvgIpc) is 2.54. The molecular formula is C18H37O4P3. The zero-order chi connectivity index (χ0) is 19.8. The van der Waals surface area contributed by atoms with Gasteiger partial charge in [-0.25, -0.2) is 0 Å². The molecule has 0 aliphatic rings. The van der Waals surface area contributed by atoms with Crippen molar-refractivity contribution in [2.45, 2.75) is 66.6 Å². The monoisotopic (exact) mass is 410 g/mol. The number of ketones is 1. The molecule has 25 heavy (non-hydrogen) atoms. The first-order valence-electron chi connectivity index (χ1n) is 8.70. The molecule has 7 atom stereocenters. The molecule has 0 aliphatic heterocycles. The average molecular weight is 410 g/mol. The summed E-state index contributed by atoms with van der Waals surface area (Å²) >= 11 is 0. The van der Waals surface area contributed by atoms with E-state index < -0.39 is 5.41 Å². The van der Waals surface area contributed by atoms with E-state index in [1.807, 2.05) is 26.8 Å². The molecule has 0 aliphatic carbocycles. The molecule has 148 valence electrons. The van der Waals surface area contributed by atoms with E-state index in [0.29, 0.717) is 13.0 Å². The van der Waals surface area contributed by atoms with Crippen molar-refractivity contribution in [3.8, 4) is 0 Å². The third kappa shape index (κ3) is 6.60. The van der Waals surface area contributed by atoms with Crippen LogP contribution in [0.1, 0.15) is 54.4 Å². The molecule has 0 fully saturated rings. The summed E-state index contributed by atoms with van der Waals surface area (Å²) in [5, 5.41) is 0. The van der Waals surface area contributed by atoms with Crippen LogP contribution in [-0.4, -0.2) is 24.6 Å². The molecule has 0 aromatic rings. The van der Waals surface area contributed by atoms with Crippen LogP contribution in [0.2, 0.25) is 0 Å². The summed E-state index contributed by atoms with van der Waals surface area (Å²) in [7, 11) is 6.89. The fourth-order valence-electron chi connectivity index (χ4n) is 3.50. The van der Waals surface area contributed by atoms with Crippen molar-refractivity contribution in [3.05, 3.63) is 12.7 Å². The van der Waals surface area contributed by atoms with Gasteiger partial charge >= 0.3 is 0 Å². The minimum Gasteiger partial charge on any atom is -0.366 e. The van der Waals surface area contributed by atoms with Crippen molar-refractivity contribution in [1.82, 2.24) is 0 Å². The minimum absolute atomic E-state index is 0.0732. The first-order valence-corrected chi connectivity index (χ1v) is 10.1. The molecule has 0 saturated heterocycles. The fraction of sp³-hybridized carbons (Fsp3) is 0.833. The Morgan fingerprint density at radius 1 is 1.12 bits per heavy atom. The molecule has 0 aromatic carbocycles. The van der Waals surface area contributed by atoms with E-state index >= 15 is 0 Å². The van der Waals surface area contributed by atoms with Crippen LogP contribution in [0.5, 0.6) is 0 Å². The zero-order valence-corrected chi connectivity index (χ0v) is 20.0. The Kier molecular flexibility index (Phi) is 11.7. The summed E-state index contributed by atoms with van der Waals surface area (Å²) in [5.41, 5.74) is -0.962. The predicted octanol–water partition coefficient (Wildman–Crippen LogP) is 5.00. The molecule has 0 saturated carbocycles. The number of hydrogen-bond acceptors (Lipinski definition) is 4. The standard InChI is InChI=1S/C18H37O4P3/c1-8-9-12(2)16(22-25)17(4,5)13(3)15(19)18(6,7)14(21-24)10-11-20-23/h8,12-14,16H,1,9-11,23-25H2,2-7H3/t12-,13?,14+,16-/m0/s1. The first-order chi connectivity index (χ1) is 11.5. The maximum atomic E-state index is 13.4. The van der Waals surface area contributed by atoms with E-state index in [-0.39, 0.29) is 35.2 Å². The lowest BCUT2D eigenvalue weighted by molar-refractivity contribution is -0.142. The van der Waals surface area contributed by atoms with Gasteiger partial charge in [0.2, 0.25) is 0 Å². The Labute approximate surface area is 161 Å². The molecule has 0 heterocycles. The summed E-state index contributed by atoms with van der Waals surface area (Å²) < 4.78 is 16.3. The van der Waals surface area contributed by atoms with Gasteiger partial charge in [0, 0.05) is 39.7 Å². The molecule has 0 N–H and O–H groups in total. The van der Waals surface area contributed by atoms with Crippen molar-refractivity contribution in [2.24, 2.45) is 22.7 Å². The van der Waals surface area contributed by atoms with Crippen LogP contribution in [0.3, 0.4) is 0 Å². The minimum atomic E-state index is -0.630. The molecule has 4 nitrogen and oxygen atoms in total. The number of hydrogen-bond donors (Lipinski definition) is 0. The Balaban J connectivity index is 5.47. The van der Waals surface area contributed by atoms with Crippen LogP contribution in [0.4, 0.5) is 0 Å². The van der Waals surface area contributed by atoms with Gasteiger partial charge in [-0.15, -0.1) is 6.58 Å². The SMILES string of the molecule is C=CC[C@H](C)[C@H](OP)C(C)(C)C(C)C(=O)C(C)(C)[C@@H](CCOP)OP. The maximum absolute atomic E-state index is 13.4. The molecule has 0 aromatic heterocycles. The normalized spacial score (nSPS) is 17.6. The highest BCUT2D eigenvalue weighted by Gasteiger charge is 2.47. The lowest BCUT2D eigenvalue weighted by atomic mass is 9.64. The molecule has 7 heteroatoms. The van der Waals surface area contributed by atoms with E-state index in [9.17, 15) is 4.79 Å². The number of Topliss-reactive ketones (excluding diaryl/α,β-unsaturated/α-hetero) is 1. The van der Waals surface area contributed by atoms with Gasteiger partial charge < -0.3 is 13.6 Å². The van der Waals surface area contributed by atoms with Gasteiger partial charge in [-0.05, 0) is 18.8 Å². The molecule has 0 radical (unpaired) electrons. The summed E-state index contributed by atoms with van der Waals surface area (Å²) in [6, 6.07) is 0. The predicted molar refractivity (Wildman–Crippen MR) is 115 cm³/mol. The Bertz CT molecular complexity index is 427. The summed E-state index contributed by atoms with van der Waals surface area (Å²) in [5.74, 6) is 0.245. The maximum Gasteiger partial charge on any atom is 0.144 e. The number of carbonyl (C=O) groups is 1. The second kappa shape index (κ2) is 11.4. The van der Waals surface area contributed by atoms with Gasteiger partial charge in [-0.3, -0.25) is 4.79 Å². The van der Waals surface area contributed by atoms with Crippen LogP contribution >= 0.6 is 28.4 Å². The van der Waals surface area contributed by atoms with Crippen molar-refractivity contribution in [1.29, 1.82) is 0 Å². The van der Waals surface area contributed by atoms with Crippen LogP contribution < -0.4 is 0 Å². The van der Waals surface area contributed by atoms with E-state index in [1.54, 1.807) is 0 Å². The van der Waals surface area contributed by atoms with Crippen LogP contribution in [-0.2, 0) is 18.4 Å². The van der Waals surface area contributed by atoms with Crippen molar-refractivity contribution >= 4 is 34.2 Å². The smallest absolute Gasteiger partial charge is 0.144 e. The van der Waals surface area contributed by atoms with Crippen molar-refractivity contribution in [3.63, 3.8) is 0 Å². The van der Waals surface area contributed by atoms with E-state index in [0.717, 1.165) is 6.42 Å². The number of carbonyl (C=O) groups excluding carboxylic acids is 1. The second-order valence-electron chi connectivity index (χ2n) is 7.97. The van der Waals surface area contributed by atoms with Crippen LogP contribution in [0.25, 0.3) is 0 Å². The summed E-state index contributed by atoms with van der Waals surface area (Å²) in [6.07, 6.45) is 3.08. The lowest BCUT2D eigenvalue weighted by Crippen LogP contribution is -2.49. The second-order valence-corrected chi connectivity index (χ2v) is 8.85. The van der Waals surface area contributed by atoms with Crippen LogP contribution in [0.15, 0.2) is 12.7 Å². The topological polar surface area (TPSA) is 44.8 Å². The molecule has 0 rings (SSSR count). The molecule has 4 unspecified atom stereocenters. The van der Waals surface area contributed by atoms with Gasteiger partial charge in [0.1, 0.15) is 5.78 Å². The molecule has 0 spiro atoms. The van der Waals surface area contributed by atoms with Gasteiger partial charge in [-0.1, -0.05) is 47.6 Å². The molecule has 0 bridgehead atoms. The van der Waals surface area contributed by atoms with Crippen LogP contribution in [0, 0.1) is 22.7 Å². The van der Waals surface area contributed by atoms with E-state index in [2.05, 4.69) is 55.8 Å². The highest BCUT2D eigenvalue weighted by Crippen LogP contribution is 2.43. The Hall–Kier alpha value is 0.580. The lowest BCUT2D eigenvalue weighted by Gasteiger charge is -2.44. The molecule has 0 amide bonds.